The largest absolute Gasteiger partial charge is 0.497 e. The highest BCUT2D eigenvalue weighted by atomic mass is 32.2. The van der Waals surface area contributed by atoms with Crippen LogP contribution in [0, 0.1) is 5.82 Å². The highest BCUT2D eigenvalue weighted by Crippen LogP contribution is 2.21. The van der Waals surface area contributed by atoms with E-state index < -0.39 is 40.2 Å². The van der Waals surface area contributed by atoms with Gasteiger partial charge in [-0.1, -0.05) is 18.2 Å². The average Bonchev–Trinajstić information content (AvgIpc) is 2.73. The van der Waals surface area contributed by atoms with Gasteiger partial charge in [-0.2, -0.15) is 0 Å². The molecule has 1 atom stereocenters. The monoisotopic (exact) mass is 451 g/mol. The summed E-state index contributed by atoms with van der Waals surface area (Å²) in [6, 6.07) is 11.1. The van der Waals surface area contributed by atoms with Crippen LogP contribution in [0.4, 0.5) is 10.1 Å². The molecule has 0 unspecified atom stereocenters. The van der Waals surface area contributed by atoms with E-state index in [4.69, 9.17) is 4.74 Å². The summed E-state index contributed by atoms with van der Waals surface area (Å²) in [5.41, 5.74) is 0.713. The maximum Gasteiger partial charge on any atom is 0.244 e. The smallest absolute Gasteiger partial charge is 0.244 e. The molecule has 0 aromatic heterocycles. The van der Waals surface area contributed by atoms with Crippen LogP contribution in [-0.4, -0.2) is 58.1 Å². The molecule has 2 amide bonds. The van der Waals surface area contributed by atoms with Crippen molar-refractivity contribution in [2.24, 2.45) is 0 Å². The Morgan fingerprint density at radius 2 is 1.84 bits per heavy atom. The molecule has 0 aliphatic carbocycles. The molecule has 2 aromatic rings. The summed E-state index contributed by atoms with van der Waals surface area (Å²) in [5.74, 6) is -1.08. The summed E-state index contributed by atoms with van der Waals surface area (Å²) in [7, 11) is -0.941. The number of halogens is 1. The predicted octanol–water partition coefficient (Wildman–Crippen LogP) is 1.76. The lowest BCUT2D eigenvalue weighted by molar-refractivity contribution is -0.139. The van der Waals surface area contributed by atoms with Gasteiger partial charge in [0.2, 0.25) is 21.8 Å². The van der Waals surface area contributed by atoms with Crippen LogP contribution in [0.5, 0.6) is 5.75 Å². The van der Waals surface area contributed by atoms with E-state index in [1.54, 1.807) is 31.2 Å². The van der Waals surface area contributed by atoms with Gasteiger partial charge in [-0.05, 0) is 42.8 Å². The molecular weight excluding hydrogens is 425 g/mol. The van der Waals surface area contributed by atoms with Gasteiger partial charge in [0.1, 0.15) is 24.2 Å². The fourth-order valence-electron chi connectivity index (χ4n) is 3.00. The first-order chi connectivity index (χ1) is 14.6. The second kappa shape index (κ2) is 10.3. The Morgan fingerprint density at radius 3 is 2.42 bits per heavy atom. The summed E-state index contributed by atoms with van der Waals surface area (Å²) < 4.78 is 44.4. The number of hydrogen-bond acceptors (Lipinski definition) is 5. The molecule has 0 aliphatic heterocycles. The molecule has 168 valence electrons. The third kappa shape index (κ3) is 6.42. The maximum atomic E-state index is 13.7. The number of likely N-dealkylation sites (N-methyl/N-ethyl adjacent to an activating group) is 1. The summed E-state index contributed by atoms with van der Waals surface area (Å²) in [6.45, 7) is 1.00. The number of rotatable bonds is 9. The van der Waals surface area contributed by atoms with Crippen LogP contribution in [0.3, 0.4) is 0 Å². The molecule has 31 heavy (non-hydrogen) atoms. The van der Waals surface area contributed by atoms with E-state index >= 15 is 0 Å². The predicted molar refractivity (Wildman–Crippen MR) is 116 cm³/mol. The lowest BCUT2D eigenvalue weighted by Gasteiger charge is -2.31. The Labute approximate surface area is 181 Å². The number of benzene rings is 2. The van der Waals surface area contributed by atoms with Crippen LogP contribution in [-0.2, 0) is 26.2 Å². The van der Waals surface area contributed by atoms with Crippen molar-refractivity contribution in [2.45, 2.75) is 19.5 Å². The molecule has 0 saturated heterocycles. The van der Waals surface area contributed by atoms with Crippen molar-refractivity contribution in [2.75, 3.05) is 31.3 Å². The Bertz CT molecular complexity index is 1040. The van der Waals surface area contributed by atoms with Gasteiger partial charge in [-0.15, -0.1) is 0 Å². The zero-order valence-corrected chi connectivity index (χ0v) is 18.6. The van der Waals surface area contributed by atoms with Crippen molar-refractivity contribution in [3.8, 4) is 5.75 Å². The number of ether oxygens (including phenoxy) is 1. The van der Waals surface area contributed by atoms with Crippen LogP contribution in [0.15, 0.2) is 48.5 Å². The standard InChI is InChI=1S/C21H26FN3O5S/c1-15(21(27)23-2)24(13-16-7-5-10-19(11-16)30-3)20(26)14-25(31(4,28)29)18-9-6-8-17(22)12-18/h5-12,15H,13-14H2,1-4H3,(H,23,27)/t15-/m0/s1. The Balaban J connectivity index is 2.39. The summed E-state index contributed by atoms with van der Waals surface area (Å²) in [6.07, 6.45) is 0.930. The van der Waals surface area contributed by atoms with E-state index in [1.165, 1.54) is 37.3 Å². The molecule has 8 nitrogen and oxygen atoms in total. The van der Waals surface area contributed by atoms with E-state index in [0.29, 0.717) is 11.3 Å². The van der Waals surface area contributed by atoms with Gasteiger partial charge in [0.25, 0.3) is 0 Å². The molecule has 10 heteroatoms. The van der Waals surface area contributed by atoms with Gasteiger partial charge in [0, 0.05) is 13.6 Å². The highest BCUT2D eigenvalue weighted by molar-refractivity contribution is 7.92. The van der Waals surface area contributed by atoms with Crippen molar-refractivity contribution in [3.63, 3.8) is 0 Å². The Kier molecular flexibility index (Phi) is 7.98. The van der Waals surface area contributed by atoms with Crippen LogP contribution >= 0.6 is 0 Å². The molecule has 0 saturated carbocycles. The van der Waals surface area contributed by atoms with Crippen LogP contribution in [0.1, 0.15) is 12.5 Å². The second-order valence-corrected chi connectivity index (χ2v) is 8.82. The molecule has 0 bridgehead atoms. The van der Waals surface area contributed by atoms with Crippen LogP contribution < -0.4 is 14.4 Å². The molecule has 0 spiro atoms. The quantitative estimate of drug-likeness (QED) is 0.627. The molecule has 2 aromatic carbocycles. The molecule has 0 heterocycles. The van der Waals surface area contributed by atoms with Crippen LogP contribution in [0.2, 0.25) is 0 Å². The first-order valence-electron chi connectivity index (χ1n) is 9.44. The van der Waals surface area contributed by atoms with Crippen molar-refractivity contribution in [1.29, 1.82) is 0 Å². The van der Waals surface area contributed by atoms with E-state index in [2.05, 4.69) is 5.32 Å². The molecular formula is C21H26FN3O5S. The van der Waals surface area contributed by atoms with Gasteiger partial charge >= 0.3 is 0 Å². The molecule has 0 fully saturated rings. The number of methoxy groups -OCH3 is 1. The molecule has 0 aliphatic rings. The van der Waals surface area contributed by atoms with Gasteiger partial charge in [-0.3, -0.25) is 13.9 Å². The van der Waals surface area contributed by atoms with Crippen molar-refractivity contribution >= 4 is 27.5 Å². The molecule has 0 radical (unpaired) electrons. The number of nitrogens with one attached hydrogen (secondary N) is 1. The maximum absolute atomic E-state index is 13.7. The normalized spacial score (nSPS) is 12.0. The summed E-state index contributed by atoms with van der Waals surface area (Å²) >= 11 is 0. The number of nitrogens with zero attached hydrogens (tertiary/aromatic N) is 2. The van der Waals surface area contributed by atoms with E-state index in [9.17, 15) is 22.4 Å². The van der Waals surface area contributed by atoms with Crippen molar-refractivity contribution < 1.29 is 27.1 Å². The SMILES string of the molecule is CNC(=O)[C@H](C)N(Cc1cccc(OC)c1)C(=O)CN(c1cccc(F)c1)S(C)(=O)=O. The second-order valence-electron chi connectivity index (χ2n) is 6.91. The zero-order valence-electron chi connectivity index (χ0n) is 17.8. The summed E-state index contributed by atoms with van der Waals surface area (Å²) in [5, 5.41) is 2.49. The number of amides is 2. The first kappa shape index (κ1) is 24.1. The zero-order chi connectivity index (χ0) is 23.2. The number of sulfonamides is 1. The minimum atomic E-state index is -3.90. The van der Waals surface area contributed by atoms with Gasteiger partial charge < -0.3 is 15.0 Å². The minimum absolute atomic E-state index is 0.0183. The highest BCUT2D eigenvalue weighted by Gasteiger charge is 2.29. The lowest BCUT2D eigenvalue weighted by Crippen LogP contribution is -2.50. The van der Waals surface area contributed by atoms with Crippen molar-refractivity contribution in [3.05, 3.63) is 59.9 Å². The third-order valence-corrected chi connectivity index (χ3v) is 5.82. The Hall–Kier alpha value is -3.14. The molecule has 2 rings (SSSR count). The number of carbonyl (C=O) groups is 2. The molecule has 1 N–H and O–H groups in total. The van der Waals surface area contributed by atoms with Gasteiger partial charge in [-0.25, -0.2) is 12.8 Å². The summed E-state index contributed by atoms with van der Waals surface area (Å²) in [4.78, 5) is 26.7. The lowest BCUT2D eigenvalue weighted by atomic mass is 10.1. The van der Waals surface area contributed by atoms with Crippen molar-refractivity contribution in [1.82, 2.24) is 10.2 Å². The third-order valence-electron chi connectivity index (χ3n) is 4.68. The van der Waals surface area contributed by atoms with E-state index in [1.807, 2.05) is 0 Å². The first-order valence-corrected chi connectivity index (χ1v) is 11.3. The number of anilines is 1. The van der Waals surface area contributed by atoms with Crippen LogP contribution in [0.25, 0.3) is 0 Å². The topological polar surface area (TPSA) is 96.0 Å². The van der Waals surface area contributed by atoms with E-state index in [-0.39, 0.29) is 12.2 Å². The Morgan fingerprint density at radius 1 is 1.16 bits per heavy atom. The average molecular weight is 452 g/mol. The fourth-order valence-corrected chi connectivity index (χ4v) is 3.85. The number of hydrogen-bond donors (Lipinski definition) is 1. The fraction of sp³-hybridized carbons (Fsp3) is 0.333. The van der Waals surface area contributed by atoms with E-state index in [0.717, 1.165) is 16.6 Å². The van der Waals surface area contributed by atoms with Gasteiger partial charge in [0.05, 0.1) is 19.1 Å². The number of carbonyl (C=O) groups excluding carboxylic acids is 2. The minimum Gasteiger partial charge on any atom is -0.497 e. The van der Waals surface area contributed by atoms with Gasteiger partial charge in [0.15, 0.2) is 0 Å².